The van der Waals surface area contributed by atoms with Crippen molar-refractivity contribution in [3.05, 3.63) is 59.2 Å². The molecule has 6 heteroatoms. The minimum Gasteiger partial charge on any atom is -0.489 e. The van der Waals surface area contributed by atoms with E-state index in [0.717, 1.165) is 29.1 Å². The van der Waals surface area contributed by atoms with Gasteiger partial charge in [-0.15, -0.1) is 12.4 Å². The zero-order chi connectivity index (χ0) is 17.6. The maximum absolute atomic E-state index is 12.2. The number of hydrogen-bond acceptors (Lipinski definition) is 4. The Labute approximate surface area is 160 Å². The molecule has 26 heavy (non-hydrogen) atoms. The van der Waals surface area contributed by atoms with Gasteiger partial charge in [-0.05, 0) is 43.2 Å². The first-order valence-corrected chi connectivity index (χ1v) is 8.54. The van der Waals surface area contributed by atoms with Crippen molar-refractivity contribution < 1.29 is 14.3 Å². The van der Waals surface area contributed by atoms with Gasteiger partial charge in [0.25, 0.3) is 5.91 Å². The normalized spacial score (nSPS) is 16.5. The standard InChI is InChI=1S/C20H24N2O3.ClH/c1-14-4-3-5-16(10-14)13-25-17-6-7-18(15(2)11-17)22-20(23)19-12-21-8-9-24-19;/h3-7,10-11,19,21H,8-9,12-13H2,1-2H3,(H,22,23);1H. The van der Waals surface area contributed by atoms with E-state index in [-0.39, 0.29) is 18.3 Å². The molecule has 1 heterocycles. The number of nitrogens with one attached hydrogen (secondary N) is 2. The Bertz CT molecular complexity index is 746. The average Bonchev–Trinajstić information content (AvgIpc) is 2.63. The first-order chi connectivity index (χ1) is 12.1. The lowest BCUT2D eigenvalue weighted by atomic mass is 10.1. The molecule has 0 bridgehead atoms. The van der Waals surface area contributed by atoms with Gasteiger partial charge >= 0.3 is 0 Å². The van der Waals surface area contributed by atoms with E-state index in [4.69, 9.17) is 9.47 Å². The molecule has 1 unspecified atom stereocenters. The predicted molar refractivity (Wildman–Crippen MR) is 105 cm³/mol. The molecule has 1 aliphatic heterocycles. The van der Waals surface area contributed by atoms with Crippen LogP contribution in [-0.4, -0.2) is 31.7 Å². The first kappa shape index (κ1) is 20.2. The van der Waals surface area contributed by atoms with Gasteiger partial charge in [-0.3, -0.25) is 4.79 Å². The number of morpholine rings is 1. The fourth-order valence-electron chi connectivity index (χ4n) is 2.78. The molecule has 2 aromatic carbocycles. The molecule has 1 fully saturated rings. The number of rotatable bonds is 5. The largest absolute Gasteiger partial charge is 0.489 e. The van der Waals surface area contributed by atoms with Crippen LogP contribution in [0.3, 0.4) is 0 Å². The molecule has 0 saturated carbocycles. The van der Waals surface area contributed by atoms with Crippen molar-refractivity contribution in [1.29, 1.82) is 0 Å². The quantitative estimate of drug-likeness (QED) is 0.841. The molecule has 0 spiro atoms. The van der Waals surface area contributed by atoms with Crippen molar-refractivity contribution in [2.24, 2.45) is 0 Å². The average molecular weight is 377 g/mol. The Kier molecular flexibility index (Phi) is 7.45. The van der Waals surface area contributed by atoms with Crippen molar-refractivity contribution in [3.63, 3.8) is 0 Å². The molecule has 1 aliphatic rings. The summed E-state index contributed by atoms with van der Waals surface area (Å²) < 4.78 is 11.3. The minimum absolute atomic E-state index is 0. The SMILES string of the molecule is Cc1cccc(COc2ccc(NC(=O)C3CNCCO3)c(C)c2)c1.Cl. The van der Waals surface area contributed by atoms with Crippen molar-refractivity contribution in [2.45, 2.75) is 26.6 Å². The third-order valence-electron chi connectivity index (χ3n) is 4.16. The van der Waals surface area contributed by atoms with Gasteiger partial charge in [-0.25, -0.2) is 0 Å². The highest BCUT2D eigenvalue weighted by Gasteiger charge is 2.22. The van der Waals surface area contributed by atoms with Gasteiger partial charge in [0.05, 0.1) is 6.61 Å². The number of hydrogen-bond donors (Lipinski definition) is 2. The number of carbonyl (C=O) groups is 1. The topological polar surface area (TPSA) is 59.6 Å². The lowest BCUT2D eigenvalue weighted by Crippen LogP contribution is -2.45. The molecular weight excluding hydrogens is 352 g/mol. The number of amides is 1. The fraction of sp³-hybridized carbons (Fsp3) is 0.350. The van der Waals surface area contributed by atoms with Crippen LogP contribution in [-0.2, 0) is 16.1 Å². The van der Waals surface area contributed by atoms with Crippen molar-refractivity contribution in [3.8, 4) is 5.75 Å². The number of ether oxygens (including phenoxy) is 2. The van der Waals surface area contributed by atoms with Crippen LogP contribution < -0.4 is 15.4 Å². The molecule has 0 aliphatic carbocycles. The Morgan fingerprint density at radius 3 is 2.81 bits per heavy atom. The molecule has 140 valence electrons. The first-order valence-electron chi connectivity index (χ1n) is 8.54. The summed E-state index contributed by atoms with van der Waals surface area (Å²) in [5.74, 6) is 0.663. The number of anilines is 1. The van der Waals surface area contributed by atoms with Gasteiger partial charge in [-0.1, -0.05) is 29.8 Å². The minimum atomic E-state index is -0.439. The van der Waals surface area contributed by atoms with Gasteiger partial charge in [0.15, 0.2) is 0 Å². The van der Waals surface area contributed by atoms with E-state index in [2.05, 4.69) is 29.7 Å². The highest BCUT2D eigenvalue weighted by Crippen LogP contribution is 2.22. The summed E-state index contributed by atoms with van der Waals surface area (Å²) in [4.78, 5) is 12.2. The molecule has 1 saturated heterocycles. The van der Waals surface area contributed by atoms with E-state index in [9.17, 15) is 4.79 Å². The zero-order valence-electron chi connectivity index (χ0n) is 15.1. The van der Waals surface area contributed by atoms with E-state index in [1.165, 1.54) is 5.56 Å². The molecule has 5 nitrogen and oxygen atoms in total. The van der Waals surface area contributed by atoms with Gasteiger partial charge in [-0.2, -0.15) is 0 Å². The van der Waals surface area contributed by atoms with E-state index in [1.54, 1.807) is 0 Å². The van der Waals surface area contributed by atoms with Crippen LogP contribution in [0.15, 0.2) is 42.5 Å². The molecule has 3 rings (SSSR count). The number of carbonyl (C=O) groups excluding carboxylic acids is 1. The Hall–Kier alpha value is -2.08. The maximum Gasteiger partial charge on any atom is 0.254 e. The van der Waals surface area contributed by atoms with E-state index in [1.807, 2.05) is 37.3 Å². The monoisotopic (exact) mass is 376 g/mol. The molecule has 0 aromatic heterocycles. The summed E-state index contributed by atoms with van der Waals surface area (Å²) in [6, 6.07) is 13.9. The summed E-state index contributed by atoms with van der Waals surface area (Å²) in [5, 5.41) is 6.08. The Balaban J connectivity index is 0.00000243. The summed E-state index contributed by atoms with van der Waals surface area (Å²) in [6.07, 6.45) is -0.439. The molecule has 0 radical (unpaired) electrons. The summed E-state index contributed by atoms with van der Waals surface area (Å²) >= 11 is 0. The highest BCUT2D eigenvalue weighted by atomic mass is 35.5. The van der Waals surface area contributed by atoms with Crippen LogP contribution in [0.25, 0.3) is 0 Å². The van der Waals surface area contributed by atoms with Gasteiger partial charge in [0.2, 0.25) is 0 Å². The van der Waals surface area contributed by atoms with Gasteiger partial charge in [0.1, 0.15) is 18.5 Å². The maximum atomic E-state index is 12.2. The van der Waals surface area contributed by atoms with Crippen molar-refractivity contribution in [2.75, 3.05) is 25.0 Å². The van der Waals surface area contributed by atoms with E-state index < -0.39 is 6.10 Å². The second kappa shape index (κ2) is 9.57. The summed E-state index contributed by atoms with van der Waals surface area (Å²) in [6.45, 7) is 6.43. The van der Waals surface area contributed by atoms with Crippen LogP contribution in [0.1, 0.15) is 16.7 Å². The second-order valence-corrected chi connectivity index (χ2v) is 6.31. The van der Waals surface area contributed by atoms with Gasteiger partial charge < -0.3 is 20.1 Å². The van der Waals surface area contributed by atoms with Crippen LogP contribution in [0, 0.1) is 13.8 Å². The number of benzene rings is 2. The lowest BCUT2D eigenvalue weighted by molar-refractivity contribution is -0.128. The fourth-order valence-corrected chi connectivity index (χ4v) is 2.78. The summed E-state index contributed by atoms with van der Waals surface area (Å²) in [7, 11) is 0. The predicted octanol–water partition coefficient (Wildman–Crippen LogP) is 3.23. The second-order valence-electron chi connectivity index (χ2n) is 6.31. The lowest BCUT2D eigenvalue weighted by Gasteiger charge is -2.23. The molecule has 1 amide bonds. The van der Waals surface area contributed by atoms with E-state index >= 15 is 0 Å². The molecule has 2 aromatic rings. The van der Waals surface area contributed by atoms with E-state index in [0.29, 0.717) is 19.8 Å². The van der Waals surface area contributed by atoms with Crippen molar-refractivity contribution >= 4 is 24.0 Å². The molecular formula is C20H25ClN2O3. The smallest absolute Gasteiger partial charge is 0.254 e. The van der Waals surface area contributed by atoms with Crippen LogP contribution in [0.5, 0.6) is 5.75 Å². The summed E-state index contributed by atoms with van der Waals surface area (Å²) in [5.41, 5.74) is 4.09. The Morgan fingerprint density at radius 1 is 1.27 bits per heavy atom. The van der Waals surface area contributed by atoms with Crippen LogP contribution in [0.2, 0.25) is 0 Å². The molecule has 2 N–H and O–H groups in total. The number of halogens is 1. The number of aryl methyl sites for hydroxylation is 2. The van der Waals surface area contributed by atoms with Crippen LogP contribution in [0.4, 0.5) is 5.69 Å². The van der Waals surface area contributed by atoms with Gasteiger partial charge in [0, 0.05) is 18.8 Å². The highest BCUT2D eigenvalue weighted by molar-refractivity contribution is 5.95. The van der Waals surface area contributed by atoms with Crippen LogP contribution >= 0.6 is 12.4 Å². The third kappa shape index (κ3) is 5.46. The molecule has 1 atom stereocenters. The zero-order valence-corrected chi connectivity index (χ0v) is 15.9. The van der Waals surface area contributed by atoms with Crippen molar-refractivity contribution in [1.82, 2.24) is 5.32 Å². The third-order valence-corrected chi connectivity index (χ3v) is 4.16. The Morgan fingerprint density at radius 2 is 2.12 bits per heavy atom.